The van der Waals surface area contributed by atoms with Gasteiger partial charge in [-0.1, -0.05) is 20.8 Å². The summed E-state index contributed by atoms with van der Waals surface area (Å²) in [5, 5.41) is 0. The van der Waals surface area contributed by atoms with Gasteiger partial charge in [0, 0.05) is 5.92 Å². The first-order chi connectivity index (χ1) is 5.00. The van der Waals surface area contributed by atoms with E-state index >= 15 is 0 Å². The van der Waals surface area contributed by atoms with Gasteiger partial charge in [-0.2, -0.15) is 0 Å². The van der Waals surface area contributed by atoms with Gasteiger partial charge in [-0.3, -0.25) is 0 Å². The van der Waals surface area contributed by atoms with Crippen molar-refractivity contribution in [2.75, 3.05) is 13.2 Å². The van der Waals surface area contributed by atoms with E-state index < -0.39 is 0 Å². The average Bonchev–Trinajstić information content (AvgIpc) is 1.86. The third kappa shape index (κ3) is 2.14. The number of ether oxygens (including phenoxy) is 2. The Morgan fingerprint density at radius 3 is 2.09 bits per heavy atom. The van der Waals surface area contributed by atoms with Crippen molar-refractivity contribution < 1.29 is 9.47 Å². The summed E-state index contributed by atoms with van der Waals surface area (Å²) >= 11 is 0. The first kappa shape index (κ1) is 8.44. The number of rotatable bonds is 0. The van der Waals surface area contributed by atoms with Crippen LogP contribution in [0.15, 0.2) is 12.5 Å². The van der Waals surface area contributed by atoms with E-state index in [9.17, 15) is 0 Å². The van der Waals surface area contributed by atoms with Crippen LogP contribution in [0.2, 0.25) is 0 Å². The molecule has 0 unspecified atom stereocenters. The Kier molecular flexibility index (Phi) is 2.12. The SMILES string of the molecule is C=C1OCC(C(C)(C)C)CO1. The first-order valence-corrected chi connectivity index (χ1v) is 3.94. The van der Waals surface area contributed by atoms with E-state index in [-0.39, 0.29) is 5.41 Å². The van der Waals surface area contributed by atoms with Crippen molar-refractivity contribution >= 4 is 0 Å². The maximum atomic E-state index is 5.20. The minimum Gasteiger partial charge on any atom is -0.465 e. The highest BCUT2D eigenvalue weighted by Crippen LogP contribution is 2.29. The van der Waals surface area contributed by atoms with Crippen LogP contribution in [0.25, 0.3) is 0 Å². The molecule has 2 heteroatoms. The Balaban J connectivity index is 2.45. The molecule has 0 aromatic carbocycles. The predicted molar refractivity (Wildman–Crippen MR) is 44.0 cm³/mol. The topological polar surface area (TPSA) is 18.5 Å². The highest BCUT2D eigenvalue weighted by atomic mass is 16.7. The smallest absolute Gasteiger partial charge is 0.271 e. The summed E-state index contributed by atoms with van der Waals surface area (Å²) in [5.74, 6) is 0.943. The second kappa shape index (κ2) is 2.76. The van der Waals surface area contributed by atoms with E-state index in [1.54, 1.807) is 0 Å². The van der Waals surface area contributed by atoms with Crippen molar-refractivity contribution in [3.63, 3.8) is 0 Å². The summed E-state index contributed by atoms with van der Waals surface area (Å²) in [7, 11) is 0. The van der Waals surface area contributed by atoms with Gasteiger partial charge in [0.1, 0.15) is 0 Å². The summed E-state index contributed by atoms with van der Waals surface area (Å²) < 4.78 is 10.4. The van der Waals surface area contributed by atoms with Gasteiger partial charge in [0.15, 0.2) is 0 Å². The largest absolute Gasteiger partial charge is 0.465 e. The predicted octanol–water partition coefficient (Wildman–Crippen LogP) is 2.17. The third-order valence-corrected chi connectivity index (χ3v) is 2.12. The van der Waals surface area contributed by atoms with Crippen LogP contribution in [-0.2, 0) is 9.47 Å². The molecule has 1 heterocycles. The Morgan fingerprint density at radius 1 is 1.27 bits per heavy atom. The molecular formula is C9H16O2. The Morgan fingerprint density at radius 2 is 1.73 bits per heavy atom. The van der Waals surface area contributed by atoms with E-state index in [0.29, 0.717) is 11.9 Å². The van der Waals surface area contributed by atoms with Crippen LogP contribution >= 0.6 is 0 Å². The van der Waals surface area contributed by atoms with E-state index in [4.69, 9.17) is 9.47 Å². The van der Waals surface area contributed by atoms with E-state index in [2.05, 4.69) is 27.4 Å². The minimum absolute atomic E-state index is 0.265. The second-order valence-electron chi connectivity index (χ2n) is 4.06. The Labute approximate surface area is 68.2 Å². The zero-order chi connectivity index (χ0) is 8.48. The normalized spacial score (nSPS) is 20.8. The van der Waals surface area contributed by atoms with Gasteiger partial charge in [0.25, 0.3) is 5.95 Å². The summed E-state index contributed by atoms with van der Waals surface area (Å²) in [6.07, 6.45) is 0. The summed E-state index contributed by atoms with van der Waals surface area (Å²) in [4.78, 5) is 0. The van der Waals surface area contributed by atoms with Crippen molar-refractivity contribution in [3.8, 4) is 0 Å². The summed E-state index contributed by atoms with van der Waals surface area (Å²) in [5.41, 5.74) is 0.265. The van der Waals surface area contributed by atoms with Crippen molar-refractivity contribution in [1.29, 1.82) is 0 Å². The molecule has 0 spiro atoms. The quantitative estimate of drug-likeness (QED) is 0.535. The van der Waals surface area contributed by atoms with Crippen LogP contribution in [0.5, 0.6) is 0 Å². The highest BCUT2D eigenvalue weighted by Gasteiger charge is 2.29. The van der Waals surface area contributed by atoms with Crippen LogP contribution in [-0.4, -0.2) is 13.2 Å². The molecule has 1 aliphatic heterocycles. The lowest BCUT2D eigenvalue weighted by atomic mass is 9.81. The summed E-state index contributed by atoms with van der Waals surface area (Å²) in [6.45, 7) is 11.6. The molecule has 0 saturated carbocycles. The zero-order valence-corrected chi connectivity index (χ0v) is 7.52. The second-order valence-corrected chi connectivity index (χ2v) is 4.06. The average molecular weight is 156 g/mol. The van der Waals surface area contributed by atoms with Crippen LogP contribution < -0.4 is 0 Å². The third-order valence-electron chi connectivity index (χ3n) is 2.12. The molecule has 0 N–H and O–H groups in total. The monoisotopic (exact) mass is 156 g/mol. The van der Waals surface area contributed by atoms with Crippen molar-refractivity contribution in [2.24, 2.45) is 11.3 Å². The molecule has 2 nitrogen and oxygen atoms in total. The fourth-order valence-electron chi connectivity index (χ4n) is 0.977. The van der Waals surface area contributed by atoms with Gasteiger partial charge in [-0.25, -0.2) is 0 Å². The van der Waals surface area contributed by atoms with Gasteiger partial charge < -0.3 is 9.47 Å². The fourth-order valence-corrected chi connectivity index (χ4v) is 0.977. The molecule has 1 saturated heterocycles. The van der Waals surface area contributed by atoms with Gasteiger partial charge in [0.2, 0.25) is 0 Å². The number of hydrogen-bond acceptors (Lipinski definition) is 2. The molecule has 0 radical (unpaired) electrons. The van der Waals surface area contributed by atoms with Crippen LogP contribution in [0.3, 0.4) is 0 Å². The molecule has 1 fully saturated rings. The lowest BCUT2D eigenvalue weighted by Crippen LogP contribution is -2.33. The molecule has 1 aliphatic rings. The molecule has 0 atom stereocenters. The van der Waals surface area contributed by atoms with Gasteiger partial charge >= 0.3 is 0 Å². The van der Waals surface area contributed by atoms with Crippen LogP contribution in [0.4, 0.5) is 0 Å². The molecule has 11 heavy (non-hydrogen) atoms. The first-order valence-electron chi connectivity index (χ1n) is 3.94. The molecule has 0 aliphatic carbocycles. The molecule has 0 bridgehead atoms. The zero-order valence-electron chi connectivity index (χ0n) is 7.52. The van der Waals surface area contributed by atoms with E-state index in [0.717, 1.165) is 13.2 Å². The lowest BCUT2D eigenvalue weighted by molar-refractivity contribution is -0.0790. The van der Waals surface area contributed by atoms with Gasteiger partial charge in [0.05, 0.1) is 13.2 Å². The fraction of sp³-hybridized carbons (Fsp3) is 0.778. The Bertz CT molecular complexity index is 145. The molecule has 64 valence electrons. The standard InChI is InChI=1S/C9H16O2/c1-7-10-5-8(6-11-7)9(2,3)4/h8H,1,5-6H2,2-4H3. The van der Waals surface area contributed by atoms with E-state index in [1.165, 1.54) is 0 Å². The van der Waals surface area contributed by atoms with Crippen molar-refractivity contribution in [1.82, 2.24) is 0 Å². The van der Waals surface area contributed by atoms with Gasteiger partial charge in [-0.15, -0.1) is 0 Å². The summed E-state index contributed by atoms with van der Waals surface area (Å²) in [6, 6.07) is 0. The minimum atomic E-state index is 0.265. The van der Waals surface area contributed by atoms with Crippen LogP contribution in [0, 0.1) is 11.3 Å². The van der Waals surface area contributed by atoms with Gasteiger partial charge in [-0.05, 0) is 12.0 Å². The maximum absolute atomic E-state index is 5.20. The molecule has 0 amide bonds. The molecule has 0 aromatic heterocycles. The van der Waals surface area contributed by atoms with Crippen molar-refractivity contribution in [3.05, 3.63) is 12.5 Å². The molecular weight excluding hydrogens is 140 g/mol. The number of hydrogen-bond donors (Lipinski definition) is 0. The van der Waals surface area contributed by atoms with E-state index in [1.807, 2.05) is 0 Å². The molecule has 1 rings (SSSR count). The van der Waals surface area contributed by atoms with Crippen molar-refractivity contribution in [2.45, 2.75) is 20.8 Å². The van der Waals surface area contributed by atoms with Crippen LogP contribution in [0.1, 0.15) is 20.8 Å². The maximum Gasteiger partial charge on any atom is 0.271 e. The molecule has 0 aromatic rings. The highest BCUT2D eigenvalue weighted by molar-refractivity contribution is 4.81. The Hall–Kier alpha value is -0.660. The lowest BCUT2D eigenvalue weighted by Gasteiger charge is -2.34.